The predicted molar refractivity (Wildman–Crippen MR) is 180 cm³/mol. The van der Waals surface area contributed by atoms with Crippen LogP contribution in [0.25, 0.3) is 6.08 Å². The van der Waals surface area contributed by atoms with Crippen LogP contribution in [-0.2, 0) is 11.4 Å². The number of benzene rings is 4. The van der Waals surface area contributed by atoms with Gasteiger partial charge in [-0.3, -0.25) is 14.2 Å². The summed E-state index contributed by atoms with van der Waals surface area (Å²) in [5.74, 6) is 1.84. The SMILES string of the molecule is COc1ccc([C@H]2C(C(=O)Nc3ccccc3)=C(C)N=c3sc(=Cc4ccc(OC)c(COc5ccccc5C)c4)c(=O)n32)cc1. The highest BCUT2D eigenvalue weighted by Crippen LogP contribution is 2.32. The van der Waals surface area contributed by atoms with E-state index in [2.05, 4.69) is 5.32 Å². The van der Waals surface area contributed by atoms with E-state index in [1.807, 2.05) is 110 Å². The summed E-state index contributed by atoms with van der Waals surface area (Å²) in [5, 5.41) is 2.98. The van der Waals surface area contributed by atoms with Crippen LogP contribution in [0.4, 0.5) is 5.69 Å². The van der Waals surface area contributed by atoms with Gasteiger partial charge in [0.05, 0.1) is 36.1 Å². The fourth-order valence-corrected chi connectivity index (χ4v) is 6.51. The van der Waals surface area contributed by atoms with Gasteiger partial charge in [-0.25, -0.2) is 4.99 Å². The average Bonchev–Trinajstić information content (AvgIpc) is 3.37. The van der Waals surface area contributed by atoms with E-state index in [-0.39, 0.29) is 11.5 Å². The molecule has 2 heterocycles. The lowest BCUT2D eigenvalue weighted by Crippen LogP contribution is -2.40. The molecule has 4 aromatic carbocycles. The van der Waals surface area contributed by atoms with Crippen molar-refractivity contribution in [3.05, 3.63) is 150 Å². The normalized spacial score (nSPS) is 14.3. The summed E-state index contributed by atoms with van der Waals surface area (Å²) >= 11 is 1.29. The number of anilines is 1. The Morgan fingerprint density at radius 2 is 1.65 bits per heavy atom. The van der Waals surface area contributed by atoms with Gasteiger partial charge in [-0.05, 0) is 79.1 Å². The highest BCUT2D eigenvalue weighted by Gasteiger charge is 2.32. The first-order chi connectivity index (χ1) is 22.4. The summed E-state index contributed by atoms with van der Waals surface area (Å²) in [5.41, 5.74) is 4.82. The number of carbonyl (C=O) groups is 1. The highest BCUT2D eigenvalue weighted by atomic mass is 32.1. The molecule has 1 aromatic heterocycles. The van der Waals surface area contributed by atoms with Crippen molar-refractivity contribution in [3.8, 4) is 17.2 Å². The van der Waals surface area contributed by atoms with E-state index in [1.54, 1.807) is 25.7 Å². The monoisotopic (exact) mass is 631 g/mol. The number of ether oxygens (including phenoxy) is 3. The number of para-hydroxylation sites is 2. The maximum Gasteiger partial charge on any atom is 0.271 e. The van der Waals surface area contributed by atoms with Gasteiger partial charge in [0, 0.05) is 11.3 Å². The Morgan fingerprint density at radius 3 is 2.37 bits per heavy atom. The molecule has 232 valence electrons. The van der Waals surface area contributed by atoms with Crippen LogP contribution in [0.15, 0.2) is 118 Å². The van der Waals surface area contributed by atoms with Crippen LogP contribution >= 0.6 is 11.3 Å². The minimum atomic E-state index is -0.693. The van der Waals surface area contributed by atoms with Crippen molar-refractivity contribution in [2.24, 2.45) is 4.99 Å². The Morgan fingerprint density at radius 1 is 0.913 bits per heavy atom. The first-order valence-electron chi connectivity index (χ1n) is 14.7. The zero-order valence-electron chi connectivity index (χ0n) is 25.9. The molecule has 0 spiro atoms. The van der Waals surface area contributed by atoms with E-state index >= 15 is 0 Å². The van der Waals surface area contributed by atoms with Crippen LogP contribution in [0.2, 0.25) is 0 Å². The van der Waals surface area contributed by atoms with Gasteiger partial charge >= 0.3 is 0 Å². The van der Waals surface area contributed by atoms with Crippen LogP contribution in [-0.4, -0.2) is 24.7 Å². The van der Waals surface area contributed by atoms with Crippen LogP contribution in [0.5, 0.6) is 17.2 Å². The molecule has 0 saturated carbocycles. The summed E-state index contributed by atoms with van der Waals surface area (Å²) in [6.07, 6.45) is 1.84. The van der Waals surface area contributed by atoms with Crippen LogP contribution < -0.4 is 34.4 Å². The van der Waals surface area contributed by atoms with Crippen molar-refractivity contribution in [1.29, 1.82) is 0 Å². The topological polar surface area (TPSA) is 91.2 Å². The zero-order valence-corrected chi connectivity index (χ0v) is 26.8. The van der Waals surface area contributed by atoms with Crippen molar-refractivity contribution < 1.29 is 19.0 Å². The second-order valence-electron chi connectivity index (χ2n) is 10.8. The van der Waals surface area contributed by atoms with Gasteiger partial charge in [0.25, 0.3) is 11.5 Å². The maximum absolute atomic E-state index is 14.2. The Hall–Kier alpha value is -5.41. The number of amides is 1. The number of thiazole rings is 1. The summed E-state index contributed by atoms with van der Waals surface area (Å²) in [7, 11) is 3.22. The van der Waals surface area contributed by atoms with Crippen LogP contribution in [0.1, 0.15) is 35.2 Å². The second-order valence-corrected chi connectivity index (χ2v) is 11.8. The molecule has 0 radical (unpaired) electrons. The molecule has 1 amide bonds. The van der Waals surface area contributed by atoms with Crippen molar-refractivity contribution >= 4 is 29.0 Å². The van der Waals surface area contributed by atoms with E-state index in [1.165, 1.54) is 11.3 Å². The molecule has 0 saturated heterocycles. The van der Waals surface area contributed by atoms with Gasteiger partial charge in [0.15, 0.2) is 4.80 Å². The molecule has 1 N–H and O–H groups in total. The number of methoxy groups -OCH3 is 2. The molecule has 6 rings (SSSR count). The molecule has 5 aromatic rings. The maximum atomic E-state index is 14.2. The molecular formula is C37H33N3O5S. The minimum Gasteiger partial charge on any atom is -0.497 e. The first-order valence-corrected chi connectivity index (χ1v) is 15.6. The predicted octanol–water partition coefficient (Wildman–Crippen LogP) is 5.78. The number of nitrogens with one attached hydrogen (secondary N) is 1. The van der Waals surface area contributed by atoms with Crippen molar-refractivity contribution in [1.82, 2.24) is 4.57 Å². The zero-order chi connectivity index (χ0) is 32.2. The van der Waals surface area contributed by atoms with E-state index in [9.17, 15) is 9.59 Å². The number of fused-ring (bicyclic) bond motifs is 1. The number of aromatic nitrogens is 1. The van der Waals surface area contributed by atoms with Gasteiger partial charge in [-0.2, -0.15) is 0 Å². The van der Waals surface area contributed by atoms with Crippen molar-refractivity contribution in [2.75, 3.05) is 19.5 Å². The second kappa shape index (κ2) is 13.3. The summed E-state index contributed by atoms with van der Waals surface area (Å²) < 4.78 is 19.2. The highest BCUT2D eigenvalue weighted by molar-refractivity contribution is 7.07. The Kier molecular flexibility index (Phi) is 8.85. The molecule has 0 fully saturated rings. The van der Waals surface area contributed by atoms with Crippen LogP contribution in [0.3, 0.4) is 0 Å². The first kappa shape index (κ1) is 30.6. The lowest BCUT2D eigenvalue weighted by molar-refractivity contribution is -0.113. The minimum absolute atomic E-state index is 0.240. The number of rotatable bonds is 9. The van der Waals surface area contributed by atoms with Gasteiger partial charge in [0.1, 0.15) is 23.9 Å². The quantitative estimate of drug-likeness (QED) is 0.223. The van der Waals surface area contributed by atoms with Gasteiger partial charge in [0.2, 0.25) is 0 Å². The molecule has 8 nitrogen and oxygen atoms in total. The van der Waals surface area contributed by atoms with E-state index in [4.69, 9.17) is 19.2 Å². The molecular weight excluding hydrogens is 598 g/mol. The summed E-state index contributed by atoms with van der Waals surface area (Å²) in [6.45, 7) is 4.10. The van der Waals surface area contributed by atoms with Crippen LogP contribution in [0, 0.1) is 6.92 Å². The van der Waals surface area contributed by atoms with Gasteiger partial charge in [-0.1, -0.05) is 65.9 Å². The molecule has 0 aliphatic carbocycles. The number of carbonyl (C=O) groups excluding carboxylic acids is 1. The number of aryl methyl sites for hydroxylation is 1. The molecule has 1 aliphatic rings. The number of allylic oxidation sites excluding steroid dienone is 1. The van der Waals surface area contributed by atoms with Crippen molar-refractivity contribution in [2.45, 2.75) is 26.5 Å². The molecule has 0 unspecified atom stereocenters. The third-order valence-corrected chi connectivity index (χ3v) is 8.79. The third-order valence-electron chi connectivity index (χ3n) is 7.81. The number of nitrogens with zero attached hydrogens (tertiary/aromatic N) is 2. The van der Waals surface area contributed by atoms with E-state index in [0.717, 1.165) is 28.0 Å². The Labute approximate surface area is 270 Å². The number of hydrogen-bond donors (Lipinski definition) is 1. The van der Waals surface area contributed by atoms with Gasteiger partial charge < -0.3 is 19.5 Å². The fraction of sp³-hybridized carbons (Fsp3) is 0.162. The average molecular weight is 632 g/mol. The standard InChI is InChI=1S/C37H33N3O5S/c1-23-10-8-9-13-30(23)45-22-27-20-25(14-19-31(27)44-4)21-32-36(42)40-34(26-15-17-29(43-3)18-16-26)33(24(2)38-37(40)46-32)35(41)39-28-11-6-5-7-12-28/h5-21,34H,22H2,1-4H3,(H,39,41)/t34-/m0/s1. The molecule has 0 bridgehead atoms. The smallest absolute Gasteiger partial charge is 0.271 e. The Balaban J connectivity index is 1.41. The lowest BCUT2D eigenvalue weighted by Gasteiger charge is -2.25. The van der Waals surface area contributed by atoms with Crippen molar-refractivity contribution in [3.63, 3.8) is 0 Å². The fourth-order valence-electron chi connectivity index (χ4n) is 5.46. The summed E-state index contributed by atoms with van der Waals surface area (Å²) in [6, 6.07) is 29.5. The molecule has 1 atom stereocenters. The molecule has 1 aliphatic heterocycles. The number of hydrogen-bond acceptors (Lipinski definition) is 7. The third kappa shape index (κ3) is 6.23. The lowest BCUT2D eigenvalue weighted by atomic mass is 9.95. The van der Waals surface area contributed by atoms with E-state index < -0.39 is 6.04 Å². The molecule has 9 heteroatoms. The summed E-state index contributed by atoms with van der Waals surface area (Å²) in [4.78, 5) is 33.2. The largest absolute Gasteiger partial charge is 0.497 e. The molecule has 46 heavy (non-hydrogen) atoms. The Bertz CT molecular complexity index is 2120. The van der Waals surface area contributed by atoms with E-state index in [0.29, 0.717) is 44.4 Å². The van der Waals surface area contributed by atoms with Gasteiger partial charge in [-0.15, -0.1) is 0 Å².